The molecule has 0 aliphatic carbocycles. The maximum absolute atomic E-state index is 13.1. The van der Waals surface area contributed by atoms with Gasteiger partial charge in [0.1, 0.15) is 11.4 Å². The van der Waals surface area contributed by atoms with E-state index >= 15 is 0 Å². The predicted molar refractivity (Wildman–Crippen MR) is 86.7 cm³/mol. The summed E-state index contributed by atoms with van der Waals surface area (Å²) in [6.07, 6.45) is 2.72. The van der Waals surface area contributed by atoms with Crippen molar-refractivity contribution in [2.24, 2.45) is 0 Å². The van der Waals surface area contributed by atoms with Crippen molar-refractivity contribution in [3.8, 4) is 11.5 Å². The second-order valence-electron chi connectivity index (χ2n) is 6.15. The molecule has 0 spiro atoms. The Balaban J connectivity index is 1.91. The quantitative estimate of drug-likeness (QED) is 0.936. The summed E-state index contributed by atoms with van der Waals surface area (Å²) < 4.78 is 18.4. The lowest BCUT2D eigenvalue weighted by atomic mass is 9.88. The molecule has 7 heteroatoms. The largest absolute Gasteiger partial charge is 0.338 e. The van der Waals surface area contributed by atoms with Gasteiger partial charge in [-0.3, -0.25) is 0 Å². The van der Waals surface area contributed by atoms with Crippen LogP contribution in [0, 0.1) is 5.82 Å². The minimum Gasteiger partial charge on any atom is -0.338 e. The van der Waals surface area contributed by atoms with Crippen LogP contribution in [0.2, 0.25) is 0 Å². The number of piperidine rings is 1. The molecule has 1 saturated heterocycles. The van der Waals surface area contributed by atoms with Crippen LogP contribution in [0.3, 0.4) is 0 Å². The number of carbonyl (C=O) groups is 1. The Morgan fingerprint density at radius 3 is 2.83 bits per heavy atom. The van der Waals surface area contributed by atoms with Crippen LogP contribution in [-0.2, 0) is 5.54 Å². The van der Waals surface area contributed by atoms with Crippen LogP contribution in [0.4, 0.5) is 9.18 Å². The lowest BCUT2D eigenvalue weighted by Gasteiger charge is -2.42. The fourth-order valence-electron chi connectivity index (χ4n) is 3.08. The van der Waals surface area contributed by atoms with Gasteiger partial charge < -0.3 is 14.7 Å². The topological polar surface area (TPSA) is 71.3 Å². The molecular formula is C17H21FN4O2. The molecule has 0 unspecified atom stereocenters. The molecule has 24 heavy (non-hydrogen) atoms. The van der Waals surface area contributed by atoms with Crippen LogP contribution in [0.15, 0.2) is 28.8 Å². The van der Waals surface area contributed by atoms with Crippen molar-refractivity contribution in [3.05, 3.63) is 35.9 Å². The number of hydrogen-bond donors (Lipinski definition) is 1. The molecule has 6 nitrogen and oxygen atoms in total. The van der Waals surface area contributed by atoms with Gasteiger partial charge in [0.05, 0.1) is 0 Å². The van der Waals surface area contributed by atoms with Crippen LogP contribution in [0.25, 0.3) is 11.5 Å². The zero-order chi connectivity index (χ0) is 17.2. The first-order valence-electron chi connectivity index (χ1n) is 8.20. The monoisotopic (exact) mass is 332 g/mol. The molecule has 0 bridgehead atoms. The third-order valence-electron chi connectivity index (χ3n) is 4.46. The van der Waals surface area contributed by atoms with E-state index in [0.717, 1.165) is 19.3 Å². The van der Waals surface area contributed by atoms with Gasteiger partial charge in [-0.2, -0.15) is 4.98 Å². The number of urea groups is 1. The molecule has 1 aliphatic heterocycles. The number of carbonyl (C=O) groups excluding carboxylic acids is 1. The molecule has 128 valence electrons. The van der Waals surface area contributed by atoms with E-state index < -0.39 is 5.54 Å². The Morgan fingerprint density at radius 1 is 1.38 bits per heavy atom. The van der Waals surface area contributed by atoms with Gasteiger partial charge in [0.2, 0.25) is 0 Å². The number of likely N-dealkylation sites (tertiary alicyclic amines) is 1. The van der Waals surface area contributed by atoms with Crippen molar-refractivity contribution in [1.82, 2.24) is 20.4 Å². The standard InChI is InChI=1S/C17H21FN4O2/c1-3-19-16(23)22-11-5-4-10-17(22,2)15-20-14(24-21-15)12-6-8-13(18)9-7-12/h6-9H,3-5,10-11H2,1-2H3,(H,19,23)/t17-/m0/s1. The number of nitrogens with one attached hydrogen (secondary N) is 1. The van der Waals surface area contributed by atoms with Gasteiger partial charge in [-0.15, -0.1) is 0 Å². The molecule has 2 heterocycles. The zero-order valence-electron chi connectivity index (χ0n) is 13.9. The number of aromatic nitrogens is 2. The highest BCUT2D eigenvalue weighted by molar-refractivity contribution is 5.75. The molecule has 1 aliphatic rings. The van der Waals surface area contributed by atoms with E-state index in [9.17, 15) is 9.18 Å². The molecule has 0 saturated carbocycles. The van der Waals surface area contributed by atoms with Crippen molar-refractivity contribution in [2.45, 2.75) is 38.6 Å². The number of amides is 2. The van der Waals surface area contributed by atoms with Crippen LogP contribution in [-0.4, -0.2) is 34.2 Å². The third-order valence-corrected chi connectivity index (χ3v) is 4.46. The van der Waals surface area contributed by atoms with Crippen LogP contribution < -0.4 is 5.32 Å². The molecule has 1 atom stereocenters. The summed E-state index contributed by atoms with van der Waals surface area (Å²) in [5.41, 5.74) is 0.0401. The number of rotatable bonds is 3. The summed E-state index contributed by atoms with van der Waals surface area (Å²) in [5.74, 6) is 0.487. The molecule has 1 fully saturated rings. The maximum Gasteiger partial charge on any atom is 0.318 e. The second-order valence-corrected chi connectivity index (χ2v) is 6.15. The first kappa shape index (κ1) is 16.4. The molecule has 2 aromatic rings. The van der Waals surface area contributed by atoms with Gasteiger partial charge in [-0.25, -0.2) is 9.18 Å². The van der Waals surface area contributed by atoms with Gasteiger partial charge >= 0.3 is 6.03 Å². The Kier molecular flexibility index (Phi) is 4.51. The van der Waals surface area contributed by atoms with E-state index in [1.807, 2.05) is 13.8 Å². The summed E-state index contributed by atoms with van der Waals surface area (Å²) in [7, 11) is 0. The Bertz CT molecular complexity index is 716. The van der Waals surface area contributed by atoms with Gasteiger partial charge in [0, 0.05) is 18.7 Å². The summed E-state index contributed by atoms with van der Waals surface area (Å²) in [4.78, 5) is 18.6. The van der Waals surface area contributed by atoms with E-state index in [2.05, 4.69) is 15.5 Å². The SMILES string of the molecule is CCNC(=O)N1CCCC[C@@]1(C)c1noc(-c2ccc(F)cc2)n1. The van der Waals surface area contributed by atoms with Crippen molar-refractivity contribution in [2.75, 3.05) is 13.1 Å². The van der Waals surface area contributed by atoms with E-state index in [4.69, 9.17) is 4.52 Å². The molecule has 0 radical (unpaired) electrons. The van der Waals surface area contributed by atoms with Gasteiger partial charge in [0.25, 0.3) is 5.89 Å². The molecule has 1 aromatic carbocycles. The second kappa shape index (κ2) is 6.59. The Morgan fingerprint density at radius 2 is 2.12 bits per heavy atom. The normalized spacial score (nSPS) is 20.9. The smallest absolute Gasteiger partial charge is 0.318 e. The fraction of sp³-hybridized carbons (Fsp3) is 0.471. The third kappa shape index (κ3) is 2.98. The van der Waals surface area contributed by atoms with Gasteiger partial charge in [-0.05, 0) is 57.4 Å². The van der Waals surface area contributed by atoms with Crippen LogP contribution >= 0.6 is 0 Å². The van der Waals surface area contributed by atoms with E-state index in [0.29, 0.717) is 30.4 Å². The Hall–Kier alpha value is -2.44. The lowest BCUT2D eigenvalue weighted by Crippen LogP contribution is -2.54. The van der Waals surface area contributed by atoms with E-state index in [1.165, 1.54) is 12.1 Å². The predicted octanol–water partition coefficient (Wildman–Crippen LogP) is 3.31. The fourth-order valence-corrected chi connectivity index (χ4v) is 3.08. The van der Waals surface area contributed by atoms with Crippen molar-refractivity contribution in [3.63, 3.8) is 0 Å². The molecule has 3 rings (SSSR count). The van der Waals surface area contributed by atoms with Gasteiger partial charge in [0.15, 0.2) is 5.82 Å². The van der Waals surface area contributed by atoms with E-state index in [1.54, 1.807) is 17.0 Å². The highest BCUT2D eigenvalue weighted by Crippen LogP contribution is 2.36. The molecule has 1 aromatic heterocycles. The average Bonchev–Trinajstić information content (AvgIpc) is 3.07. The summed E-state index contributed by atoms with van der Waals surface area (Å²) >= 11 is 0. The Labute approximate surface area is 140 Å². The number of benzene rings is 1. The highest BCUT2D eigenvalue weighted by atomic mass is 19.1. The number of hydrogen-bond acceptors (Lipinski definition) is 4. The summed E-state index contributed by atoms with van der Waals surface area (Å²) in [6, 6.07) is 5.77. The highest BCUT2D eigenvalue weighted by Gasteiger charge is 2.42. The minimum atomic E-state index is -0.612. The summed E-state index contributed by atoms with van der Waals surface area (Å²) in [5, 5.41) is 6.95. The average molecular weight is 332 g/mol. The van der Waals surface area contributed by atoms with Crippen molar-refractivity contribution in [1.29, 1.82) is 0 Å². The zero-order valence-corrected chi connectivity index (χ0v) is 13.9. The molecular weight excluding hydrogens is 311 g/mol. The molecule has 1 N–H and O–H groups in total. The van der Waals surface area contributed by atoms with Crippen LogP contribution in [0.5, 0.6) is 0 Å². The number of halogens is 1. The summed E-state index contributed by atoms with van der Waals surface area (Å²) in [6.45, 7) is 5.07. The number of nitrogens with zero attached hydrogens (tertiary/aromatic N) is 3. The maximum atomic E-state index is 13.1. The van der Waals surface area contributed by atoms with Crippen LogP contribution in [0.1, 0.15) is 38.9 Å². The first-order chi connectivity index (χ1) is 11.5. The van der Waals surface area contributed by atoms with Crippen molar-refractivity contribution < 1.29 is 13.7 Å². The molecule has 2 amide bonds. The van der Waals surface area contributed by atoms with Gasteiger partial charge in [-0.1, -0.05) is 5.16 Å². The van der Waals surface area contributed by atoms with Crippen molar-refractivity contribution >= 4 is 6.03 Å². The minimum absolute atomic E-state index is 0.118. The van der Waals surface area contributed by atoms with E-state index in [-0.39, 0.29) is 11.8 Å². The lowest BCUT2D eigenvalue weighted by molar-refractivity contribution is 0.0796. The first-order valence-corrected chi connectivity index (χ1v) is 8.20.